The average Bonchev–Trinajstić information content (AvgIpc) is 2.35. The molecular weight excluding hydrogens is 244 g/mol. The average molecular weight is 264 g/mol. The number of hydrogen-bond acceptors (Lipinski definition) is 4. The molecule has 19 heavy (non-hydrogen) atoms. The van der Waals surface area contributed by atoms with Crippen LogP contribution in [0.3, 0.4) is 0 Å². The molecule has 0 saturated heterocycles. The summed E-state index contributed by atoms with van der Waals surface area (Å²) in [6.07, 6.45) is 3.13. The Morgan fingerprint density at radius 2 is 2.26 bits per heavy atom. The van der Waals surface area contributed by atoms with Crippen LogP contribution < -0.4 is 10.5 Å². The van der Waals surface area contributed by atoms with Crippen molar-refractivity contribution >= 4 is 11.6 Å². The Labute approximate surface area is 113 Å². The molecule has 5 nitrogen and oxygen atoms in total. The van der Waals surface area contributed by atoms with Gasteiger partial charge in [0, 0.05) is 12.6 Å². The van der Waals surface area contributed by atoms with Crippen molar-refractivity contribution in [3.05, 3.63) is 23.8 Å². The van der Waals surface area contributed by atoms with E-state index in [4.69, 9.17) is 15.6 Å². The highest BCUT2D eigenvalue weighted by molar-refractivity contribution is 5.98. The third-order valence-electron chi connectivity index (χ3n) is 3.60. The van der Waals surface area contributed by atoms with Crippen molar-refractivity contribution in [1.29, 1.82) is 0 Å². The van der Waals surface area contributed by atoms with Crippen molar-refractivity contribution in [2.24, 2.45) is 0 Å². The molecule has 0 spiro atoms. The summed E-state index contributed by atoms with van der Waals surface area (Å²) >= 11 is 0. The fourth-order valence-electron chi connectivity index (χ4n) is 2.36. The Bertz CT molecular complexity index is 458. The van der Waals surface area contributed by atoms with Crippen LogP contribution in [0.4, 0.5) is 5.69 Å². The molecule has 0 aliphatic heterocycles. The van der Waals surface area contributed by atoms with E-state index in [1.165, 1.54) is 7.11 Å². The SMILES string of the molecule is COc1c(N)cccc1C(=O)N(CCO)C1CCC1. The lowest BCUT2D eigenvalue weighted by molar-refractivity contribution is 0.0523. The maximum Gasteiger partial charge on any atom is 0.258 e. The van der Waals surface area contributed by atoms with Crippen LogP contribution in [0.5, 0.6) is 5.75 Å². The van der Waals surface area contributed by atoms with Gasteiger partial charge in [0.25, 0.3) is 5.91 Å². The summed E-state index contributed by atoms with van der Waals surface area (Å²) in [7, 11) is 1.50. The van der Waals surface area contributed by atoms with E-state index in [-0.39, 0.29) is 18.6 Å². The van der Waals surface area contributed by atoms with E-state index in [1.54, 1.807) is 23.1 Å². The zero-order chi connectivity index (χ0) is 13.8. The Morgan fingerprint density at radius 1 is 1.53 bits per heavy atom. The molecule has 1 aliphatic carbocycles. The summed E-state index contributed by atoms with van der Waals surface area (Å²) in [6, 6.07) is 5.38. The maximum atomic E-state index is 12.6. The second-order valence-corrected chi connectivity index (χ2v) is 4.73. The number of carbonyl (C=O) groups excluding carboxylic acids is 1. The van der Waals surface area contributed by atoms with Crippen LogP contribution in [0.25, 0.3) is 0 Å². The molecule has 1 aliphatic rings. The van der Waals surface area contributed by atoms with E-state index in [1.807, 2.05) is 0 Å². The first kappa shape index (κ1) is 13.7. The zero-order valence-corrected chi connectivity index (χ0v) is 11.1. The van der Waals surface area contributed by atoms with Crippen LogP contribution >= 0.6 is 0 Å². The fraction of sp³-hybridized carbons (Fsp3) is 0.500. The molecule has 1 aromatic carbocycles. The predicted octanol–water partition coefficient (Wildman–Crippen LogP) is 1.26. The second kappa shape index (κ2) is 5.93. The van der Waals surface area contributed by atoms with Crippen LogP contribution in [0.15, 0.2) is 18.2 Å². The first-order valence-electron chi connectivity index (χ1n) is 6.53. The van der Waals surface area contributed by atoms with E-state index in [2.05, 4.69) is 0 Å². The number of amides is 1. The summed E-state index contributed by atoms with van der Waals surface area (Å²) in [5, 5.41) is 9.13. The van der Waals surface area contributed by atoms with Gasteiger partial charge >= 0.3 is 0 Å². The number of aliphatic hydroxyl groups is 1. The zero-order valence-electron chi connectivity index (χ0n) is 11.1. The number of anilines is 1. The van der Waals surface area contributed by atoms with Crippen LogP contribution in [-0.2, 0) is 0 Å². The minimum absolute atomic E-state index is 0.0349. The van der Waals surface area contributed by atoms with Crippen LogP contribution in [0.1, 0.15) is 29.6 Å². The van der Waals surface area contributed by atoms with Gasteiger partial charge in [0.15, 0.2) is 5.75 Å². The quantitative estimate of drug-likeness (QED) is 0.785. The van der Waals surface area contributed by atoms with Crippen molar-refractivity contribution in [1.82, 2.24) is 4.90 Å². The molecule has 0 bridgehead atoms. The Morgan fingerprint density at radius 3 is 2.79 bits per heavy atom. The lowest BCUT2D eigenvalue weighted by Crippen LogP contribution is -2.45. The first-order valence-corrected chi connectivity index (χ1v) is 6.53. The van der Waals surface area contributed by atoms with E-state index < -0.39 is 0 Å². The Kier molecular flexibility index (Phi) is 4.27. The summed E-state index contributed by atoms with van der Waals surface area (Å²) in [6.45, 7) is 0.314. The molecule has 1 fully saturated rings. The van der Waals surface area contributed by atoms with Gasteiger partial charge in [-0.15, -0.1) is 0 Å². The molecule has 0 heterocycles. The highest BCUT2D eigenvalue weighted by Gasteiger charge is 2.30. The second-order valence-electron chi connectivity index (χ2n) is 4.73. The summed E-state index contributed by atoms with van der Waals surface area (Å²) in [5.74, 6) is 0.290. The number of para-hydroxylation sites is 1. The molecule has 0 aromatic heterocycles. The van der Waals surface area contributed by atoms with E-state index in [0.717, 1.165) is 19.3 Å². The van der Waals surface area contributed by atoms with E-state index in [0.29, 0.717) is 23.5 Å². The van der Waals surface area contributed by atoms with Crippen LogP contribution in [-0.4, -0.2) is 42.2 Å². The van der Waals surface area contributed by atoms with Gasteiger partial charge in [-0.1, -0.05) is 6.07 Å². The van der Waals surface area contributed by atoms with Crippen molar-refractivity contribution in [3.63, 3.8) is 0 Å². The maximum absolute atomic E-state index is 12.6. The minimum atomic E-state index is -0.122. The third-order valence-corrected chi connectivity index (χ3v) is 3.60. The lowest BCUT2D eigenvalue weighted by Gasteiger charge is -2.37. The molecule has 104 valence electrons. The van der Waals surface area contributed by atoms with Gasteiger partial charge in [-0.05, 0) is 31.4 Å². The topological polar surface area (TPSA) is 75.8 Å². The number of hydrogen-bond donors (Lipinski definition) is 2. The summed E-state index contributed by atoms with van der Waals surface area (Å²) < 4.78 is 5.22. The number of nitrogens with two attached hydrogens (primary N) is 1. The highest BCUT2D eigenvalue weighted by atomic mass is 16.5. The first-order chi connectivity index (χ1) is 9.19. The van der Waals surface area contributed by atoms with E-state index in [9.17, 15) is 4.79 Å². The highest BCUT2D eigenvalue weighted by Crippen LogP contribution is 2.31. The van der Waals surface area contributed by atoms with Crippen molar-refractivity contribution in [2.45, 2.75) is 25.3 Å². The molecule has 5 heteroatoms. The van der Waals surface area contributed by atoms with Crippen LogP contribution in [0.2, 0.25) is 0 Å². The molecule has 1 amide bonds. The Balaban J connectivity index is 2.28. The number of carbonyl (C=O) groups is 1. The van der Waals surface area contributed by atoms with Gasteiger partial charge < -0.3 is 20.5 Å². The minimum Gasteiger partial charge on any atom is -0.494 e. The van der Waals surface area contributed by atoms with Crippen molar-refractivity contribution in [2.75, 3.05) is 26.0 Å². The van der Waals surface area contributed by atoms with Crippen molar-refractivity contribution < 1.29 is 14.6 Å². The molecule has 3 N–H and O–H groups in total. The fourth-order valence-corrected chi connectivity index (χ4v) is 2.36. The monoisotopic (exact) mass is 264 g/mol. The Hall–Kier alpha value is -1.75. The number of benzene rings is 1. The van der Waals surface area contributed by atoms with Crippen LogP contribution in [0, 0.1) is 0 Å². The molecule has 0 unspecified atom stereocenters. The summed E-state index contributed by atoms with van der Waals surface area (Å²) in [4.78, 5) is 14.3. The molecule has 1 aromatic rings. The number of methoxy groups -OCH3 is 1. The number of ether oxygens (including phenoxy) is 1. The van der Waals surface area contributed by atoms with Gasteiger partial charge in [-0.25, -0.2) is 0 Å². The van der Waals surface area contributed by atoms with Gasteiger partial charge in [0.1, 0.15) is 0 Å². The van der Waals surface area contributed by atoms with Gasteiger partial charge in [-0.3, -0.25) is 4.79 Å². The standard InChI is InChI=1S/C14H20N2O3/c1-19-13-11(6-3-7-12(13)15)14(18)16(8-9-17)10-4-2-5-10/h3,6-7,10,17H,2,4-5,8-9,15H2,1H3. The summed E-state index contributed by atoms with van der Waals surface area (Å²) in [5.41, 5.74) is 6.73. The molecule has 2 rings (SSSR count). The van der Waals surface area contributed by atoms with Gasteiger partial charge in [0.2, 0.25) is 0 Å². The van der Waals surface area contributed by atoms with Crippen molar-refractivity contribution in [3.8, 4) is 5.75 Å². The third kappa shape index (κ3) is 2.66. The normalized spacial score (nSPS) is 14.8. The molecule has 0 atom stereocenters. The van der Waals surface area contributed by atoms with E-state index >= 15 is 0 Å². The molecule has 0 radical (unpaired) electrons. The molecular formula is C14H20N2O3. The predicted molar refractivity (Wildman–Crippen MR) is 73.2 cm³/mol. The number of aliphatic hydroxyl groups excluding tert-OH is 1. The lowest BCUT2D eigenvalue weighted by atomic mass is 9.91. The smallest absolute Gasteiger partial charge is 0.258 e. The van der Waals surface area contributed by atoms with Gasteiger partial charge in [-0.2, -0.15) is 0 Å². The van der Waals surface area contributed by atoms with Gasteiger partial charge in [0.05, 0.1) is 25.0 Å². The number of nitrogens with zero attached hydrogens (tertiary/aromatic N) is 1. The number of nitrogen functional groups attached to an aromatic ring is 1. The largest absolute Gasteiger partial charge is 0.494 e. The molecule has 1 saturated carbocycles. The number of rotatable bonds is 5.